The van der Waals surface area contributed by atoms with E-state index in [9.17, 15) is 18.9 Å². The Hall–Kier alpha value is -0.860. The number of hydrogen-bond acceptors (Lipinski definition) is 3. The summed E-state index contributed by atoms with van der Waals surface area (Å²) >= 11 is 1.72. The molecule has 0 spiro atoms. The van der Waals surface area contributed by atoms with E-state index in [2.05, 4.69) is 4.98 Å². The zero-order chi connectivity index (χ0) is 10.0. The Labute approximate surface area is 85.3 Å². The van der Waals surface area contributed by atoms with Crippen LogP contribution in [0.25, 0.3) is 0 Å². The molecule has 0 aliphatic rings. The van der Waals surface area contributed by atoms with Gasteiger partial charge in [0.1, 0.15) is 9.26 Å². The molecule has 0 atom stereocenters. The van der Waals surface area contributed by atoms with Crippen molar-refractivity contribution in [3.05, 3.63) is 31.6 Å². The van der Waals surface area contributed by atoms with Crippen LogP contribution >= 0.6 is 22.6 Å². The van der Waals surface area contributed by atoms with Gasteiger partial charge in [0.2, 0.25) is 0 Å². The molecule has 0 bridgehead atoms. The van der Waals surface area contributed by atoms with E-state index in [0.717, 1.165) is 12.3 Å². The Morgan fingerprint density at radius 1 is 1.62 bits per heavy atom. The van der Waals surface area contributed by atoms with Crippen molar-refractivity contribution in [2.24, 2.45) is 0 Å². The third-order valence-electron chi connectivity index (χ3n) is 1.31. The van der Waals surface area contributed by atoms with Crippen LogP contribution in [0, 0.1) is 13.8 Å². The minimum absolute atomic E-state index is 0.314. The molecule has 0 aromatic carbocycles. The quantitative estimate of drug-likeness (QED) is 0.365. The molecule has 1 aromatic heterocycles. The van der Waals surface area contributed by atoms with Gasteiger partial charge in [-0.15, -0.1) is 0 Å². The highest BCUT2D eigenvalue weighted by Crippen LogP contribution is 2.28. The van der Waals surface area contributed by atoms with E-state index in [1.54, 1.807) is 22.6 Å². The highest BCUT2D eigenvalue weighted by Gasteiger charge is 2.22. The van der Waals surface area contributed by atoms with Gasteiger partial charge in [-0.1, -0.05) is 0 Å². The fourth-order valence-electron chi connectivity index (χ4n) is 0.757. The van der Waals surface area contributed by atoms with Crippen molar-refractivity contribution in [2.45, 2.75) is 6.43 Å². The number of nitro groups is 1. The van der Waals surface area contributed by atoms with Crippen LogP contribution in [-0.4, -0.2) is 9.91 Å². The summed E-state index contributed by atoms with van der Waals surface area (Å²) in [5.41, 5.74) is -1.24. The first-order valence-corrected chi connectivity index (χ1v) is 4.18. The van der Waals surface area contributed by atoms with E-state index < -0.39 is 22.6 Å². The highest BCUT2D eigenvalue weighted by atomic mass is 127. The average molecular weight is 300 g/mol. The normalized spacial score (nSPS) is 10.5. The number of rotatable bonds is 2. The van der Waals surface area contributed by atoms with E-state index >= 15 is 0 Å². The van der Waals surface area contributed by atoms with Gasteiger partial charge in [-0.25, -0.2) is 13.8 Å². The van der Waals surface area contributed by atoms with Gasteiger partial charge in [-0.05, 0) is 22.6 Å². The Balaban J connectivity index is 3.27. The number of alkyl halides is 2. The molecule has 0 aliphatic heterocycles. The molecule has 4 nitrogen and oxygen atoms in total. The van der Waals surface area contributed by atoms with Crippen LogP contribution in [0.2, 0.25) is 0 Å². The zero-order valence-electron chi connectivity index (χ0n) is 6.08. The van der Waals surface area contributed by atoms with Crippen LogP contribution in [0.5, 0.6) is 0 Å². The molecule has 1 aromatic rings. The molecule has 1 rings (SSSR count). The van der Waals surface area contributed by atoms with Gasteiger partial charge in [0.15, 0.2) is 0 Å². The van der Waals surface area contributed by atoms with Crippen LogP contribution in [0.3, 0.4) is 0 Å². The molecule has 0 saturated heterocycles. The number of pyridine rings is 1. The van der Waals surface area contributed by atoms with Crippen molar-refractivity contribution in [1.82, 2.24) is 4.98 Å². The minimum Gasteiger partial charge on any atom is -0.258 e. The molecule has 13 heavy (non-hydrogen) atoms. The van der Waals surface area contributed by atoms with Gasteiger partial charge in [-0.2, -0.15) is 0 Å². The monoisotopic (exact) mass is 300 g/mol. The van der Waals surface area contributed by atoms with E-state index in [1.165, 1.54) is 0 Å². The predicted octanol–water partition coefficient (Wildman–Crippen LogP) is 2.53. The van der Waals surface area contributed by atoms with Gasteiger partial charge in [-0.3, -0.25) is 10.1 Å². The average Bonchev–Trinajstić information content (AvgIpc) is 2.03. The molecule has 7 heteroatoms. The van der Waals surface area contributed by atoms with Gasteiger partial charge >= 0.3 is 0 Å². The largest absolute Gasteiger partial charge is 0.282 e. The van der Waals surface area contributed by atoms with Gasteiger partial charge in [0.05, 0.1) is 4.92 Å². The first-order valence-electron chi connectivity index (χ1n) is 3.10. The molecule has 0 unspecified atom stereocenters. The van der Waals surface area contributed by atoms with Crippen LogP contribution in [0.1, 0.15) is 12.0 Å². The first kappa shape index (κ1) is 10.2. The predicted molar refractivity (Wildman–Crippen MR) is 48.6 cm³/mol. The molecule has 0 fully saturated rings. The maximum absolute atomic E-state index is 12.2. The summed E-state index contributed by atoms with van der Waals surface area (Å²) in [5, 5.41) is 10.3. The highest BCUT2D eigenvalue weighted by molar-refractivity contribution is 14.1. The summed E-state index contributed by atoms with van der Waals surface area (Å²) in [6.45, 7) is 0. The Morgan fingerprint density at radius 2 is 2.23 bits per heavy atom. The number of nitrogens with zero attached hydrogens (tertiary/aromatic N) is 2. The number of hydrogen-bond donors (Lipinski definition) is 0. The maximum Gasteiger partial charge on any atom is 0.282 e. The first-order chi connectivity index (χ1) is 6.02. The minimum atomic E-state index is -2.87. The van der Waals surface area contributed by atoms with Crippen LogP contribution < -0.4 is 0 Å². The van der Waals surface area contributed by atoms with Crippen molar-refractivity contribution in [2.75, 3.05) is 0 Å². The van der Waals surface area contributed by atoms with Crippen molar-refractivity contribution in [1.29, 1.82) is 0 Å². The third-order valence-corrected chi connectivity index (χ3v) is 1.90. The fraction of sp³-hybridized carbons (Fsp3) is 0.167. The van der Waals surface area contributed by atoms with E-state index in [1.807, 2.05) is 0 Å². The Kier molecular flexibility index (Phi) is 3.07. The molecule has 70 valence electrons. The lowest BCUT2D eigenvalue weighted by Gasteiger charge is -2.00. The standard InChI is InChI=1S/C6H3F2IN2O2/c7-6(8)3-2-10-5(9)1-4(3)11(12)13/h1-2,6H. The second-order valence-corrected chi connectivity index (χ2v) is 3.23. The van der Waals surface area contributed by atoms with Gasteiger partial charge in [0.25, 0.3) is 12.1 Å². The topological polar surface area (TPSA) is 56.0 Å². The van der Waals surface area contributed by atoms with E-state index in [-0.39, 0.29) is 0 Å². The van der Waals surface area contributed by atoms with Gasteiger partial charge < -0.3 is 0 Å². The van der Waals surface area contributed by atoms with E-state index in [0.29, 0.717) is 3.70 Å². The molecule has 0 saturated carbocycles. The fourth-order valence-corrected chi connectivity index (χ4v) is 1.19. The van der Waals surface area contributed by atoms with E-state index in [4.69, 9.17) is 0 Å². The lowest BCUT2D eigenvalue weighted by Crippen LogP contribution is -1.98. The SMILES string of the molecule is O=[N+]([O-])c1cc(I)ncc1C(F)F. The Bertz CT molecular complexity index is 345. The van der Waals surface area contributed by atoms with Crippen molar-refractivity contribution >= 4 is 28.3 Å². The summed E-state index contributed by atoms with van der Waals surface area (Å²) in [6.07, 6.45) is -2.05. The third kappa shape index (κ3) is 2.29. The molecular weight excluding hydrogens is 297 g/mol. The smallest absolute Gasteiger partial charge is 0.258 e. The molecular formula is C6H3F2IN2O2. The van der Waals surface area contributed by atoms with Crippen molar-refractivity contribution < 1.29 is 13.7 Å². The van der Waals surface area contributed by atoms with Crippen molar-refractivity contribution in [3.63, 3.8) is 0 Å². The zero-order valence-corrected chi connectivity index (χ0v) is 8.23. The Morgan fingerprint density at radius 3 is 2.69 bits per heavy atom. The second-order valence-electron chi connectivity index (χ2n) is 2.12. The summed E-state index contributed by atoms with van der Waals surface area (Å²) in [5.74, 6) is 0. The molecule has 0 radical (unpaired) electrons. The van der Waals surface area contributed by atoms with Crippen LogP contribution in [0.4, 0.5) is 14.5 Å². The molecule has 1 heterocycles. The summed E-state index contributed by atoms with van der Waals surface area (Å²) < 4.78 is 24.7. The van der Waals surface area contributed by atoms with Crippen LogP contribution in [0.15, 0.2) is 12.3 Å². The lowest BCUT2D eigenvalue weighted by atomic mass is 10.2. The van der Waals surface area contributed by atoms with Gasteiger partial charge in [0, 0.05) is 12.3 Å². The summed E-state index contributed by atoms with van der Waals surface area (Å²) in [4.78, 5) is 13.0. The summed E-state index contributed by atoms with van der Waals surface area (Å²) in [7, 11) is 0. The molecule has 0 N–H and O–H groups in total. The number of aromatic nitrogens is 1. The second kappa shape index (κ2) is 3.90. The molecule has 0 amide bonds. The van der Waals surface area contributed by atoms with Crippen molar-refractivity contribution in [3.8, 4) is 0 Å². The number of halogens is 3. The lowest BCUT2D eigenvalue weighted by molar-refractivity contribution is -0.386. The van der Waals surface area contributed by atoms with Crippen LogP contribution in [-0.2, 0) is 0 Å². The summed E-state index contributed by atoms with van der Waals surface area (Å²) in [6, 6.07) is 1.02. The molecule has 0 aliphatic carbocycles. The maximum atomic E-state index is 12.2.